The minimum absolute atomic E-state index is 0.335. The van der Waals surface area contributed by atoms with E-state index in [1.54, 1.807) is 23.9 Å². The molecule has 0 saturated carbocycles. The van der Waals surface area contributed by atoms with Gasteiger partial charge in [0.25, 0.3) is 0 Å². The van der Waals surface area contributed by atoms with Gasteiger partial charge in [-0.1, -0.05) is 91.9 Å². The number of carbonyl (C=O) groups excluding carboxylic acids is 1. The van der Waals surface area contributed by atoms with Crippen LogP contribution in [0.2, 0.25) is 0 Å². The first-order valence-corrected chi connectivity index (χ1v) is 14.7. The topological polar surface area (TPSA) is 63.2 Å². The maximum absolute atomic E-state index is 13.3. The van der Waals surface area contributed by atoms with E-state index >= 15 is 0 Å². The predicted molar refractivity (Wildman–Crippen MR) is 155 cm³/mol. The van der Waals surface area contributed by atoms with Crippen molar-refractivity contribution in [2.45, 2.75) is 49.7 Å². The maximum Gasteiger partial charge on any atom is 0.338 e. The first-order valence-electron chi connectivity index (χ1n) is 13.6. The van der Waals surface area contributed by atoms with E-state index in [1.807, 2.05) is 60.7 Å². The minimum atomic E-state index is -0.686. The van der Waals surface area contributed by atoms with Crippen molar-refractivity contribution in [3.8, 4) is 0 Å². The molecule has 0 aromatic heterocycles. The third-order valence-corrected chi connectivity index (χ3v) is 8.24. The summed E-state index contributed by atoms with van der Waals surface area (Å²) in [5.41, 5.74) is 1.99. The molecule has 0 unspecified atom stereocenters. The van der Waals surface area contributed by atoms with Crippen LogP contribution >= 0.6 is 11.8 Å². The van der Waals surface area contributed by atoms with Gasteiger partial charge in [0, 0.05) is 5.56 Å². The average molecular weight is 557 g/mol. The van der Waals surface area contributed by atoms with Gasteiger partial charge < -0.3 is 23.7 Å². The van der Waals surface area contributed by atoms with E-state index in [4.69, 9.17) is 23.7 Å². The van der Waals surface area contributed by atoms with Crippen LogP contribution in [0.15, 0.2) is 103 Å². The quantitative estimate of drug-likeness (QED) is 0.228. The van der Waals surface area contributed by atoms with Gasteiger partial charge in [-0.2, -0.15) is 0 Å². The zero-order valence-electron chi connectivity index (χ0n) is 22.3. The van der Waals surface area contributed by atoms with E-state index in [9.17, 15) is 4.79 Å². The van der Waals surface area contributed by atoms with E-state index in [0.29, 0.717) is 18.8 Å². The number of benzene rings is 4. The second kappa shape index (κ2) is 12.5. The molecule has 4 aromatic rings. The Morgan fingerprint density at radius 3 is 2.35 bits per heavy atom. The molecule has 2 heterocycles. The number of carbonyl (C=O) groups is 1. The summed E-state index contributed by atoms with van der Waals surface area (Å²) in [6.07, 6.45) is -2.69. The molecule has 0 bridgehead atoms. The molecule has 6 atom stereocenters. The molecule has 2 aliphatic heterocycles. The van der Waals surface area contributed by atoms with Crippen molar-refractivity contribution in [3.63, 3.8) is 0 Å². The van der Waals surface area contributed by atoms with Crippen molar-refractivity contribution >= 4 is 28.5 Å². The number of rotatable bonds is 8. The summed E-state index contributed by atoms with van der Waals surface area (Å²) in [5, 5.41) is 2.32. The minimum Gasteiger partial charge on any atom is -0.452 e. The number of fused-ring (bicyclic) bond motifs is 2. The smallest absolute Gasteiger partial charge is 0.338 e. The van der Waals surface area contributed by atoms with E-state index in [-0.39, 0.29) is 6.10 Å². The Morgan fingerprint density at radius 2 is 1.57 bits per heavy atom. The van der Waals surface area contributed by atoms with Crippen molar-refractivity contribution < 1.29 is 28.5 Å². The molecule has 40 heavy (non-hydrogen) atoms. The van der Waals surface area contributed by atoms with Gasteiger partial charge in [0.05, 0.1) is 18.8 Å². The average Bonchev–Trinajstić information content (AvgIpc) is 3.01. The zero-order chi connectivity index (χ0) is 27.3. The molecule has 0 amide bonds. The molecule has 0 N–H and O–H groups in total. The second-order valence-corrected chi connectivity index (χ2v) is 11.2. The summed E-state index contributed by atoms with van der Waals surface area (Å²) < 4.78 is 31.9. The van der Waals surface area contributed by atoms with Crippen molar-refractivity contribution in [1.29, 1.82) is 0 Å². The fraction of sp³-hybridized carbons (Fsp3) is 0.303. The van der Waals surface area contributed by atoms with E-state index < -0.39 is 36.0 Å². The highest BCUT2D eigenvalue weighted by atomic mass is 32.2. The third-order valence-electron chi connectivity index (χ3n) is 7.20. The maximum atomic E-state index is 13.3. The van der Waals surface area contributed by atoms with Crippen LogP contribution in [0.1, 0.15) is 34.7 Å². The molecule has 7 heteroatoms. The van der Waals surface area contributed by atoms with Crippen LogP contribution in [0.5, 0.6) is 0 Å². The number of thioether (sulfide) groups is 1. The van der Waals surface area contributed by atoms with Crippen molar-refractivity contribution in [2.24, 2.45) is 0 Å². The van der Waals surface area contributed by atoms with Crippen molar-refractivity contribution in [1.82, 2.24) is 0 Å². The van der Waals surface area contributed by atoms with Gasteiger partial charge in [-0.3, -0.25) is 0 Å². The Balaban J connectivity index is 1.30. The van der Waals surface area contributed by atoms with E-state index in [2.05, 4.69) is 37.3 Å². The summed E-state index contributed by atoms with van der Waals surface area (Å²) in [6.45, 7) is 2.74. The van der Waals surface area contributed by atoms with Gasteiger partial charge >= 0.3 is 5.97 Å². The largest absolute Gasteiger partial charge is 0.452 e. The predicted octanol–water partition coefficient (Wildman–Crippen LogP) is 6.54. The van der Waals surface area contributed by atoms with Crippen LogP contribution in [0.4, 0.5) is 0 Å². The van der Waals surface area contributed by atoms with Gasteiger partial charge in [0.1, 0.15) is 23.7 Å². The highest BCUT2D eigenvalue weighted by Crippen LogP contribution is 2.39. The lowest BCUT2D eigenvalue weighted by atomic mass is 9.98. The Kier molecular flexibility index (Phi) is 8.46. The van der Waals surface area contributed by atoms with Crippen LogP contribution in [0, 0.1) is 0 Å². The lowest BCUT2D eigenvalue weighted by Crippen LogP contribution is -2.62. The Morgan fingerprint density at radius 1 is 0.850 bits per heavy atom. The normalized spacial score (nSPS) is 26.2. The summed E-state index contributed by atoms with van der Waals surface area (Å²) >= 11 is 1.59. The van der Waals surface area contributed by atoms with Crippen LogP contribution in [-0.2, 0) is 30.3 Å². The molecule has 0 aliphatic carbocycles. The Bertz CT molecular complexity index is 1410. The summed E-state index contributed by atoms with van der Waals surface area (Å²) in [6, 6.07) is 33.4. The molecule has 6 rings (SSSR count). The summed E-state index contributed by atoms with van der Waals surface area (Å²) in [5.74, 6) is 0.369. The lowest BCUT2D eigenvalue weighted by Gasteiger charge is -2.48. The molecular weight excluding hydrogens is 524 g/mol. The molecule has 206 valence electrons. The highest BCUT2D eigenvalue weighted by molar-refractivity contribution is 7.99. The van der Waals surface area contributed by atoms with Crippen LogP contribution in [-0.4, -0.2) is 48.2 Å². The molecule has 0 radical (unpaired) electrons. The van der Waals surface area contributed by atoms with Crippen molar-refractivity contribution in [2.75, 3.05) is 12.4 Å². The van der Waals surface area contributed by atoms with Gasteiger partial charge in [0.15, 0.2) is 12.4 Å². The first kappa shape index (κ1) is 27.0. The third kappa shape index (κ3) is 5.94. The molecule has 4 aromatic carbocycles. The number of esters is 1. The van der Waals surface area contributed by atoms with Crippen LogP contribution in [0.25, 0.3) is 10.8 Å². The van der Waals surface area contributed by atoms with Gasteiger partial charge in [-0.15, -0.1) is 11.8 Å². The van der Waals surface area contributed by atoms with Gasteiger partial charge in [0.2, 0.25) is 0 Å². The number of ether oxygens (including phenoxy) is 5. The molecule has 6 nitrogen and oxygen atoms in total. The first-order chi connectivity index (χ1) is 19.7. The second-order valence-electron chi connectivity index (χ2n) is 9.87. The molecule has 0 spiro atoms. The monoisotopic (exact) mass is 556 g/mol. The van der Waals surface area contributed by atoms with Crippen LogP contribution in [0.3, 0.4) is 0 Å². The summed E-state index contributed by atoms with van der Waals surface area (Å²) in [4.78, 5) is 13.3. The van der Waals surface area contributed by atoms with Gasteiger partial charge in [-0.05, 0) is 40.3 Å². The summed E-state index contributed by atoms with van der Waals surface area (Å²) in [7, 11) is 0. The molecule has 2 aliphatic rings. The lowest BCUT2D eigenvalue weighted by molar-refractivity contribution is -0.324. The van der Waals surface area contributed by atoms with Crippen LogP contribution < -0.4 is 0 Å². The van der Waals surface area contributed by atoms with E-state index in [0.717, 1.165) is 22.3 Å². The molecular formula is C33H32O6S. The Labute approximate surface area is 238 Å². The standard InChI is InChI=1S/C33H32O6S/c1-2-40-33-30(38-31(34)24-12-5-3-6-13-24)29(35-20-22-17-18-23-11-9-10-16-26(23)19-22)28-27(37-33)21-36-32(39-28)25-14-7-4-8-15-25/h3-19,27-30,32-33H,2,20-21H2,1H3/t27-,28-,29+,30-,32-,33+/m1/s1. The fourth-order valence-corrected chi connectivity index (χ4v) is 6.18. The highest BCUT2D eigenvalue weighted by Gasteiger charge is 2.52. The SMILES string of the molecule is CCS[C@@H]1O[C@@H]2CO[C@@H](c3ccccc3)O[C@H]2[C@H](OCc2ccc3ccccc3c2)[C@H]1OC(=O)c1ccccc1. The number of hydrogen-bond acceptors (Lipinski definition) is 7. The Hall–Kier alpha value is -3.20. The molecule has 2 fully saturated rings. The molecule has 2 saturated heterocycles. The van der Waals surface area contributed by atoms with Crippen molar-refractivity contribution in [3.05, 3.63) is 120 Å². The zero-order valence-corrected chi connectivity index (χ0v) is 23.1. The fourth-order valence-electron chi connectivity index (χ4n) is 5.23. The van der Waals surface area contributed by atoms with Gasteiger partial charge in [-0.25, -0.2) is 4.79 Å². The number of hydrogen-bond donors (Lipinski definition) is 0. The van der Waals surface area contributed by atoms with E-state index in [1.165, 1.54) is 5.39 Å².